The molecule has 1 aliphatic carbocycles. The first-order valence-electron chi connectivity index (χ1n) is 9.55. The molecule has 0 unspecified atom stereocenters. The minimum Gasteiger partial charge on any atom is -0.492 e. The normalized spacial score (nSPS) is 20.8. The topological polar surface area (TPSA) is 58.6 Å². The van der Waals surface area contributed by atoms with Crippen molar-refractivity contribution in [2.45, 2.75) is 56.4 Å². The Hall–Kier alpha value is -1.11. The van der Waals surface area contributed by atoms with Crippen molar-refractivity contribution >= 4 is 10.0 Å². The molecule has 1 saturated carbocycles. The van der Waals surface area contributed by atoms with Gasteiger partial charge in [0.25, 0.3) is 0 Å². The molecule has 1 saturated heterocycles. The molecule has 1 N–H and O–H groups in total. The summed E-state index contributed by atoms with van der Waals surface area (Å²) in [5.41, 5.74) is 0. The molecule has 0 spiro atoms. The monoisotopic (exact) mass is 366 g/mol. The quantitative estimate of drug-likeness (QED) is 0.806. The molecule has 25 heavy (non-hydrogen) atoms. The van der Waals surface area contributed by atoms with Gasteiger partial charge in [-0.2, -0.15) is 0 Å². The third kappa shape index (κ3) is 4.74. The van der Waals surface area contributed by atoms with E-state index in [1.54, 1.807) is 24.3 Å². The van der Waals surface area contributed by atoms with Crippen LogP contribution in [0.25, 0.3) is 0 Å². The summed E-state index contributed by atoms with van der Waals surface area (Å²) >= 11 is 0. The first kappa shape index (κ1) is 18.7. The van der Waals surface area contributed by atoms with Crippen LogP contribution in [0.1, 0.15) is 45.4 Å². The van der Waals surface area contributed by atoms with E-state index in [1.807, 2.05) is 6.92 Å². The summed E-state index contributed by atoms with van der Waals surface area (Å²) in [5.74, 6) is 0.847. The molecule has 0 radical (unpaired) electrons. The third-order valence-corrected chi connectivity index (χ3v) is 6.95. The lowest BCUT2D eigenvalue weighted by molar-refractivity contribution is 0.135. The second kappa shape index (κ2) is 8.52. The second-order valence-electron chi connectivity index (χ2n) is 7.15. The Morgan fingerprint density at radius 2 is 1.80 bits per heavy atom. The van der Waals surface area contributed by atoms with Crippen molar-refractivity contribution in [1.82, 2.24) is 9.62 Å². The molecule has 0 atom stereocenters. The van der Waals surface area contributed by atoms with Gasteiger partial charge in [-0.25, -0.2) is 13.1 Å². The van der Waals surface area contributed by atoms with Crippen LogP contribution in [-0.4, -0.2) is 45.6 Å². The zero-order chi connectivity index (χ0) is 17.7. The zero-order valence-electron chi connectivity index (χ0n) is 15.1. The van der Waals surface area contributed by atoms with Gasteiger partial charge in [-0.3, -0.25) is 0 Å². The fourth-order valence-corrected chi connectivity index (χ4v) is 5.30. The van der Waals surface area contributed by atoms with E-state index >= 15 is 0 Å². The first-order chi connectivity index (χ1) is 12.1. The SMILES string of the molecule is CCOc1ccccc1S(=O)(=O)NCC1CCN(C2CCCC2)CC1. The average Bonchev–Trinajstić information content (AvgIpc) is 3.16. The molecule has 0 amide bonds. The first-order valence-corrected chi connectivity index (χ1v) is 11.0. The number of hydrogen-bond acceptors (Lipinski definition) is 4. The Bertz CT molecular complexity index is 648. The van der Waals surface area contributed by atoms with Gasteiger partial charge in [0.15, 0.2) is 0 Å². The minimum atomic E-state index is -3.53. The summed E-state index contributed by atoms with van der Waals surface area (Å²) in [4.78, 5) is 2.85. The predicted octanol–water partition coefficient (Wildman–Crippen LogP) is 3.02. The number of para-hydroxylation sites is 1. The van der Waals surface area contributed by atoms with E-state index in [0.717, 1.165) is 32.0 Å². The van der Waals surface area contributed by atoms with Gasteiger partial charge in [-0.15, -0.1) is 0 Å². The fourth-order valence-electron chi connectivity index (χ4n) is 4.04. The van der Waals surface area contributed by atoms with Crippen LogP contribution in [0, 0.1) is 5.92 Å². The van der Waals surface area contributed by atoms with Crippen molar-refractivity contribution in [2.75, 3.05) is 26.2 Å². The number of nitrogens with zero attached hydrogens (tertiary/aromatic N) is 1. The maximum atomic E-state index is 12.6. The van der Waals surface area contributed by atoms with Gasteiger partial charge in [0, 0.05) is 12.6 Å². The minimum absolute atomic E-state index is 0.236. The Kier molecular flexibility index (Phi) is 6.36. The van der Waals surface area contributed by atoms with Crippen molar-refractivity contribution in [3.05, 3.63) is 24.3 Å². The largest absolute Gasteiger partial charge is 0.492 e. The number of piperidine rings is 1. The highest BCUT2D eigenvalue weighted by Crippen LogP contribution is 2.28. The number of nitrogens with one attached hydrogen (secondary N) is 1. The summed E-state index contributed by atoms with van der Waals surface area (Å²) in [7, 11) is -3.53. The van der Waals surface area contributed by atoms with Crippen LogP contribution >= 0.6 is 0 Å². The van der Waals surface area contributed by atoms with Gasteiger partial charge >= 0.3 is 0 Å². The second-order valence-corrected chi connectivity index (χ2v) is 8.88. The van der Waals surface area contributed by atoms with Crippen molar-refractivity contribution in [3.8, 4) is 5.75 Å². The van der Waals surface area contributed by atoms with Gasteiger partial charge in [0.05, 0.1) is 6.61 Å². The lowest BCUT2D eigenvalue weighted by atomic mass is 9.96. The molecule has 0 bridgehead atoms. The molecule has 1 heterocycles. The molecule has 5 nitrogen and oxygen atoms in total. The molecule has 3 rings (SSSR count). The molecular formula is C19H30N2O3S. The standard InChI is InChI=1S/C19H30N2O3S/c1-2-24-18-9-5-6-10-19(18)25(22,23)20-15-16-11-13-21(14-12-16)17-7-3-4-8-17/h5-6,9-10,16-17,20H,2-4,7-8,11-15H2,1H3. The number of likely N-dealkylation sites (tertiary alicyclic amines) is 1. The zero-order valence-corrected chi connectivity index (χ0v) is 15.9. The molecule has 140 valence electrons. The van der Waals surface area contributed by atoms with Crippen molar-refractivity contribution in [3.63, 3.8) is 0 Å². The van der Waals surface area contributed by atoms with Crippen LogP contribution in [0.15, 0.2) is 29.2 Å². The summed E-state index contributed by atoms with van der Waals surface area (Å²) < 4.78 is 33.5. The van der Waals surface area contributed by atoms with E-state index in [-0.39, 0.29) is 4.90 Å². The molecule has 2 fully saturated rings. The Balaban J connectivity index is 1.53. The van der Waals surface area contributed by atoms with Gasteiger partial charge in [0.2, 0.25) is 10.0 Å². The van der Waals surface area contributed by atoms with Crippen LogP contribution in [0.2, 0.25) is 0 Å². The van der Waals surface area contributed by atoms with Crippen molar-refractivity contribution in [1.29, 1.82) is 0 Å². The average molecular weight is 367 g/mol. The number of ether oxygens (including phenoxy) is 1. The molecule has 1 aromatic rings. The predicted molar refractivity (Wildman–Crippen MR) is 99.4 cm³/mol. The summed E-state index contributed by atoms with van der Waals surface area (Å²) in [6, 6.07) is 7.62. The highest BCUT2D eigenvalue weighted by molar-refractivity contribution is 7.89. The maximum Gasteiger partial charge on any atom is 0.244 e. The fraction of sp³-hybridized carbons (Fsp3) is 0.684. The molecule has 6 heteroatoms. The Labute approximate surface area is 151 Å². The molecule has 0 aromatic heterocycles. The van der Waals surface area contributed by atoms with Gasteiger partial charge in [-0.1, -0.05) is 25.0 Å². The molecular weight excluding hydrogens is 336 g/mol. The number of sulfonamides is 1. The van der Waals surface area contributed by atoms with Crippen LogP contribution in [0.3, 0.4) is 0 Å². The van der Waals surface area contributed by atoms with Gasteiger partial charge in [0.1, 0.15) is 10.6 Å². The van der Waals surface area contributed by atoms with E-state index in [1.165, 1.54) is 25.7 Å². The van der Waals surface area contributed by atoms with Crippen LogP contribution in [-0.2, 0) is 10.0 Å². The van der Waals surface area contributed by atoms with Crippen LogP contribution < -0.4 is 9.46 Å². The number of rotatable bonds is 7. The van der Waals surface area contributed by atoms with E-state index in [9.17, 15) is 8.42 Å². The Morgan fingerprint density at radius 1 is 1.12 bits per heavy atom. The van der Waals surface area contributed by atoms with Crippen LogP contribution in [0.4, 0.5) is 0 Å². The maximum absolute atomic E-state index is 12.6. The summed E-state index contributed by atoms with van der Waals surface area (Å²) in [5, 5.41) is 0. The highest BCUT2D eigenvalue weighted by Gasteiger charge is 2.28. The third-order valence-electron chi connectivity index (χ3n) is 5.49. The number of benzene rings is 1. The highest BCUT2D eigenvalue weighted by atomic mass is 32.2. The van der Waals surface area contributed by atoms with Crippen molar-refractivity contribution < 1.29 is 13.2 Å². The smallest absolute Gasteiger partial charge is 0.244 e. The summed E-state index contributed by atoms with van der Waals surface area (Å²) in [6.07, 6.45) is 7.56. The van der Waals surface area contributed by atoms with Crippen LogP contribution in [0.5, 0.6) is 5.75 Å². The van der Waals surface area contributed by atoms with E-state index in [2.05, 4.69) is 9.62 Å². The van der Waals surface area contributed by atoms with E-state index < -0.39 is 10.0 Å². The van der Waals surface area contributed by atoms with Gasteiger partial charge in [-0.05, 0) is 63.7 Å². The lowest BCUT2D eigenvalue weighted by Crippen LogP contribution is -2.42. The van der Waals surface area contributed by atoms with Crippen molar-refractivity contribution in [2.24, 2.45) is 5.92 Å². The molecule has 1 aromatic carbocycles. The van der Waals surface area contributed by atoms with Gasteiger partial charge < -0.3 is 9.64 Å². The lowest BCUT2D eigenvalue weighted by Gasteiger charge is -2.36. The van der Waals surface area contributed by atoms with E-state index in [4.69, 9.17) is 4.74 Å². The number of hydrogen-bond donors (Lipinski definition) is 1. The Morgan fingerprint density at radius 3 is 2.48 bits per heavy atom. The molecule has 2 aliphatic rings. The summed E-state index contributed by atoms with van der Waals surface area (Å²) in [6.45, 7) is 5.03. The molecule has 1 aliphatic heterocycles. The van der Waals surface area contributed by atoms with E-state index in [0.29, 0.717) is 24.8 Å².